The van der Waals surface area contributed by atoms with Crippen molar-refractivity contribution in [1.82, 2.24) is 14.4 Å². The molecule has 4 rings (SSSR count). The predicted octanol–water partition coefficient (Wildman–Crippen LogP) is 4.49. The second kappa shape index (κ2) is 7.77. The van der Waals surface area contributed by atoms with Crippen molar-refractivity contribution < 1.29 is 17.7 Å². The molecule has 0 radical (unpaired) electrons. The van der Waals surface area contributed by atoms with E-state index in [0.29, 0.717) is 17.5 Å². The molecule has 0 bridgehead atoms. The molecule has 152 valence electrons. The standard InChI is InChI=1S/C18H14Cl3N3O4S/c1-27-12-4-2-3-10(5-12)17-22-18(28-23-17)11-8-24(9-11)29(25,26)16-7-14(20)13(19)6-15(16)21/h2-7,11H,8-9H2,1H3. The van der Waals surface area contributed by atoms with Crippen molar-refractivity contribution in [1.29, 1.82) is 0 Å². The van der Waals surface area contributed by atoms with Crippen LogP contribution in [0.5, 0.6) is 5.75 Å². The molecule has 0 aliphatic carbocycles. The summed E-state index contributed by atoms with van der Waals surface area (Å²) < 4.78 is 37.5. The Kier molecular flexibility index (Phi) is 5.48. The van der Waals surface area contributed by atoms with Crippen molar-refractivity contribution in [2.24, 2.45) is 0 Å². The Labute approximate surface area is 182 Å². The van der Waals surface area contributed by atoms with Gasteiger partial charge in [0.15, 0.2) is 0 Å². The van der Waals surface area contributed by atoms with E-state index in [2.05, 4.69) is 10.1 Å². The fourth-order valence-electron chi connectivity index (χ4n) is 2.91. The van der Waals surface area contributed by atoms with Gasteiger partial charge in [-0.1, -0.05) is 52.1 Å². The van der Waals surface area contributed by atoms with E-state index in [1.54, 1.807) is 13.2 Å². The van der Waals surface area contributed by atoms with Crippen molar-refractivity contribution in [3.05, 3.63) is 57.4 Å². The number of hydrogen-bond donors (Lipinski definition) is 0. The molecule has 2 aromatic carbocycles. The highest BCUT2D eigenvalue weighted by molar-refractivity contribution is 7.89. The van der Waals surface area contributed by atoms with Gasteiger partial charge in [-0.15, -0.1) is 0 Å². The molecule has 7 nitrogen and oxygen atoms in total. The molecule has 11 heteroatoms. The summed E-state index contributed by atoms with van der Waals surface area (Å²) in [4.78, 5) is 4.30. The maximum Gasteiger partial charge on any atom is 0.244 e. The van der Waals surface area contributed by atoms with Gasteiger partial charge in [0.1, 0.15) is 10.6 Å². The first-order chi connectivity index (χ1) is 13.8. The third-order valence-electron chi connectivity index (χ3n) is 4.56. The molecule has 0 amide bonds. The zero-order chi connectivity index (χ0) is 20.8. The molecule has 0 saturated carbocycles. The van der Waals surface area contributed by atoms with Gasteiger partial charge in [-0.2, -0.15) is 9.29 Å². The molecule has 1 aliphatic rings. The minimum absolute atomic E-state index is 0.0148. The van der Waals surface area contributed by atoms with E-state index in [1.165, 1.54) is 16.4 Å². The summed E-state index contributed by atoms with van der Waals surface area (Å²) in [5.74, 6) is 1.24. The van der Waals surface area contributed by atoms with Gasteiger partial charge in [-0.25, -0.2) is 8.42 Å². The van der Waals surface area contributed by atoms with Gasteiger partial charge < -0.3 is 9.26 Å². The van der Waals surface area contributed by atoms with E-state index < -0.39 is 10.0 Å². The third kappa shape index (κ3) is 3.83. The Balaban J connectivity index is 1.50. The first-order valence-electron chi connectivity index (χ1n) is 8.42. The number of hydrogen-bond acceptors (Lipinski definition) is 6. The molecule has 0 N–H and O–H groups in total. The number of halogens is 3. The number of methoxy groups -OCH3 is 1. The topological polar surface area (TPSA) is 85.5 Å². The van der Waals surface area contributed by atoms with Crippen LogP contribution in [-0.2, 0) is 10.0 Å². The Morgan fingerprint density at radius 3 is 2.55 bits per heavy atom. The molecule has 0 spiro atoms. The highest BCUT2D eigenvalue weighted by Gasteiger charge is 2.41. The summed E-state index contributed by atoms with van der Waals surface area (Å²) in [6.45, 7) is 0.386. The minimum atomic E-state index is -3.82. The lowest BCUT2D eigenvalue weighted by Crippen LogP contribution is -2.48. The quantitative estimate of drug-likeness (QED) is 0.506. The number of sulfonamides is 1. The summed E-state index contributed by atoms with van der Waals surface area (Å²) in [6.07, 6.45) is 0. The van der Waals surface area contributed by atoms with Crippen LogP contribution in [0, 0.1) is 0 Å². The fraction of sp³-hybridized carbons (Fsp3) is 0.222. The van der Waals surface area contributed by atoms with Crippen LogP contribution in [0.3, 0.4) is 0 Å². The third-order valence-corrected chi connectivity index (χ3v) is 7.58. The number of rotatable bonds is 5. The van der Waals surface area contributed by atoms with Gasteiger partial charge in [0.05, 0.1) is 28.1 Å². The van der Waals surface area contributed by atoms with Crippen molar-refractivity contribution in [3.63, 3.8) is 0 Å². The van der Waals surface area contributed by atoms with E-state index in [9.17, 15) is 8.42 Å². The molecule has 1 saturated heterocycles. The first kappa shape index (κ1) is 20.4. The lowest BCUT2D eigenvalue weighted by molar-refractivity contribution is 0.217. The number of benzene rings is 2. The normalized spacial score (nSPS) is 15.3. The smallest absolute Gasteiger partial charge is 0.244 e. The van der Waals surface area contributed by atoms with Crippen LogP contribution in [0.25, 0.3) is 11.4 Å². The van der Waals surface area contributed by atoms with E-state index in [1.807, 2.05) is 18.2 Å². The largest absolute Gasteiger partial charge is 0.497 e. The van der Waals surface area contributed by atoms with Crippen molar-refractivity contribution >= 4 is 44.8 Å². The van der Waals surface area contributed by atoms with Gasteiger partial charge in [-0.3, -0.25) is 0 Å². The van der Waals surface area contributed by atoms with Gasteiger partial charge in [0, 0.05) is 18.7 Å². The molecule has 1 aliphatic heterocycles. The fourth-order valence-corrected chi connectivity index (χ4v) is 5.42. The lowest BCUT2D eigenvalue weighted by Gasteiger charge is -2.36. The van der Waals surface area contributed by atoms with Crippen LogP contribution in [-0.4, -0.2) is 43.1 Å². The second-order valence-corrected chi connectivity index (χ2v) is 9.53. The number of aromatic nitrogens is 2. The van der Waals surface area contributed by atoms with Crippen LogP contribution in [0.2, 0.25) is 15.1 Å². The van der Waals surface area contributed by atoms with E-state index in [-0.39, 0.29) is 39.0 Å². The Morgan fingerprint density at radius 2 is 1.83 bits per heavy atom. The number of nitrogens with zero attached hydrogens (tertiary/aromatic N) is 3. The zero-order valence-electron chi connectivity index (χ0n) is 15.0. The minimum Gasteiger partial charge on any atom is -0.497 e. The Bertz CT molecular complexity index is 1180. The first-order valence-corrected chi connectivity index (χ1v) is 11.0. The molecule has 0 atom stereocenters. The summed E-state index contributed by atoms with van der Waals surface area (Å²) in [7, 11) is -2.24. The molecule has 1 aromatic heterocycles. The van der Waals surface area contributed by atoms with Crippen molar-refractivity contribution in [2.75, 3.05) is 20.2 Å². The number of ether oxygens (including phenoxy) is 1. The highest BCUT2D eigenvalue weighted by Crippen LogP contribution is 2.37. The average Bonchev–Trinajstić information content (AvgIpc) is 3.12. The Hall–Kier alpha value is -1.84. The molecule has 29 heavy (non-hydrogen) atoms. The van der Waals surface area contributed by atoms with Crippen LogP contribution in [0.4, 0.5) is 0 Å². The molecule has 3 aromatic rings. The summed E-state index contributed by atoms with van der Waals surface area (Å²) in [6, 6.07) is 9.83. The van der Waals surface area contributed by atoms with Gasteiger partial charge in [-0.05, 0) is 24.3 Å². The molecule has 0 unspecified atom stereocenters. The molecular weight excluding hydrogens is 461 g/mol. The Morgan fingerprint density at radius 1 is 1.10 bits per heavy atom. The van der Waals surface area contributed by atoms with E-state index in [0.717, 1.165) is 5.56 Å². The second-order valence-electron chi connectivity index (χ2n) is 6.40. The van der Waals surface area contributed by atoms with Crippen molar-refractivity contribution in [3.8, 4) is 17.1 Å². The maximum absolute atomic E-state index is 12.8. The highest BCUT2D eigenvalue weighted by atomic mass is 35.5. The SMILES string of the molecule is COc1cccc(-c2noc(C3CN(S(=O)(=O)c4cc(Cl)c(Cl)cc4Cl)C3)n2)c1. The lowest BCUT2D eigenvalue weighted by atomic mass is 10.0. The van der Waals surface area contributed by atoms with Gasteiger partial charge in [0.2, 0.25) is 21.7 Å². The van der Waals surface area contributed by atoms with E-state index >= 15 is 0 Å². The monoisotopic (exact) mass is 473 g/mol. The zero-order valence-corrected chi connectivity index (χ0v) is 18.1. The molecular formula is C18H14Cl3N3O4S. The van der Waals surface area contributed by atoms with Crippen LogP contribution >= 0.6 is 34.8 Å². The van der Waals surface area contributed by atoms with Crippen molar-refractivity contribution in [2.45, 2.75) is 10.8 Å². The van der Waals surface area contributed by atoms with Crippen LogP contribution in [0.1, 0.15) is 11.8 Å². The molecule has 2 heterocycles. The van der Waals surface area contributed by atoms with E-state index in [4.69, 9.17) is 44.1 Å². The van der Waals surface area contributed by atoms with Crippen LogP contribution < -0.4 is 4.74 Å². The summed E-state index contributed by atoms with van der Waals surface area (Å²) in [5, 5.41) is 4.30. The summed E-state index contributed by atoms with van der Waals surface area (Å²) in [5.41, 5.74) is 0.741. The maximum atomic E-state index is 12.8. The molecule has 1 fully saturated rings. The summed E-state index contributed by atoms with van der Waals surface area (Å²) >= 11 is 17.9. The average molecular weight is 475 g/mol. The van der Waals surface area contributed by atoms with Gasteiger partial charge >= 0.3 is 0 Å². The van der Waals surface area contributed by atoms with Crippen LogP contribution in [0.15, 0.2) is 45.8 Å². The van der Waals surface area contributed by atoms with Gasteiger partial charge in [0.25, 0.3) is 0 Å². The predicted molar refractivity (Wildman–Crippen MR) is 109 cm³/mol.